The highest BCUT2D eigenvalue weighted by Crippen LogP contribution is 2.25. The number of benzene rings is 1. The van der Waals surface area contributed by atoms with Crippen LogP contribution in [0.4, 0.5) is 5.69 Å². The van der Waals surface area contributed by atoms with E-state index in [0.717, 1.165) is 16.6 Å². The molecule has 1 aromatic carbocycles. The van der Waals surface area contributed by atoms with Crippen LogP contribution < -0.4 is 5.32 Å². The summed E-state index contributed by atoms with van der Waals surface area (Å²) >= 11 is 9.11. The Morgan fingerprint density at radius 3 is 2.86 bits per heavy atom. The van der Waals surface area contributed by atoms with Gasteiger partial charge in [-0.15, -0.1) is 0 Å². The van der Waals surface area contributed by atoms with Gasteiger partial charge >= 0.3 is 0 Å². The van der Waals surface area contributed by atoms with Gasteiger partial charge in [0, 0.05) is 16.6 Å². The number of nitrogens with one attached hydrogen (secondary N) is 1. The number of carbonyl (C=O) groups is 1. The first-order valence-electron chi connectivity index (χ1n) is 4.38. The molecule has 0 aliphatic rings. The van der Waals surface area contributed by atoms with Crippen LogP contribution >= 0.6 is 27.5 Å². The molecule has 0 atom stereocenters. The normalized spacial score (nSPS) is 9.93. The number of halogens is 2. The summed E-state index contributed by atoms with van der Waals surface area (Å²) in [4.78, 5) is 11.2. The second kappa shape index (κ2) is 5.37. The number of amides is 1. The van der Waals surface area contributed by atoms with Crippen LogP contribution in [0.25, 0.3) is 0 Å². The Labute approximate surface area is 96.8 Å². The number of anilines is 1. The third kappa shape index (κ3) is 3.31. The molecule has 0 aliphatic carbocycles. The van der Waals surface area contributed by atoms with Crippen molar-refractivity contribution in [2.45, 2.75) is 19.8 Å². The van der Waals surface area contributed by atoms with Crippen LogP contribution in [-0.2, 0) is 4.79 Å². The maximum absolute atomic E-state index is 11.2. The van der Waals surface area contributed by atoms with Crippen LogP contribution in [0.1, 0.15) is 19.8 Å². The molecule has 1 aromatic rings. The molecule has 0 saturated carbocycles. The van der Waals surface area contributed by atoms with Gasteiger partial charge in [0.1, 0.15) is 0 Å². The Morgan fingerprint density at radius 1 is 1.57 bits per heavy atom. The summed E-state index contributed by atoms with van der Waals surface area (Å²) in [5, 5.41) is 3.42. The first-order valence-corrected chi connectivity index (χ1v) is 5.55. The van der Waals surface area contributed by atoms with Gasteiger partial charge in [-0.25, -0.2) is 0 Å². The van der Waals surface area contributed by atoms with Gasteiger partial charge in [0.2, 0.25) is 5.91 Å². The van der Waals surface area contributed by atoms with Gasteiger partial charge in [-0.05, 0) is 40.5 Å². The molecule has 1 rings (SSSR count). The van der Waals surface area contributed by atoms with Crippen LogP contribution in [0.3, 0.4) is 0 Å². The van der Waals surface area contributed by atoms with Crippen molar-refractivity contribution in [2.24, 2.45) is 0 Å². The van der Waals surface area contributed by atoms with E-state index in [2.05, 4.69) is 21.2 Å². The molecule has 0 aromatic heterocycles. The number of hydrogen-bond acceptors (Lipinski definition) is 1. The first kappa shape index (κ1) is 11.5. The quantitative estimate of drug-likeness (QED) is 0.893. The fourth-order valence-corrected chi connectivity index (χ4v) is 1.52. The van der Waals surface area contributed by atoms with Gasteiger partial charge < -0.3 is 5.32 Å². The Kier molecular flexibility index (Phi) is 4.42. The predicted octanol–water partition coefficient (Wildman–Crippen LogP) is 3.84. The largest absolute Gasteiger partial charge is 0.326 e. The summed E-state index contributed by atoms with van der Waals surface area (Å²) < 4.78 is 0.786. The molecule has 2 nitrogen and oxygen atoms in total. The van der Waals surface area contributed by atoms with E-state index in [9.17, 15) is 4.79 Å². The van der Waals surface area contributed by atoms with Gasteiger partial charge in [-0.1, -0.05) is 18.5 Å². The Balaban J connectivity index is 2.68. The maximum atomic E-state index is 11.2. The van der Waals surface area contributed by atoms with Gasteiger partial charge in [0.25, 0.3) is 0 Å². The zero-order valence-corrected chi connectivity index (χ0v) is 10.2. The molecule has 0 saturated heterocycles. The molecule has 0 fully saturated rings. The van der Waals surface area contributed by atoms with Gasteiger partial charge in [0.15, 0.2) is 0 Å². The van der Waals surface area contributed by atoms with Crippen LogP contribution in [0.2, 0.25) is 5.02 Å². The molecule has 14 heavy (non-hydrogen) atoms. The van der Waals surface area contributed by atoms with Crippen molar-refractivity contribution in [3.8, 4) is 0 Å². The predicted molar refractivity (Wildman–Crippen MR) is 62.7 cm³/mol. The molecule has 1 N–H and O–H groups in total. The lowest BCUT2D eigenvalue weighted by Gasteiger charge is -2.05. The summed E-state index contributed by atoms with van der Waals surface area (Å²) in [6.07, 6.45) is 1.39. The minimum absolute atomic E-state index is 0.0294. The third-order valence-corrected chi connectivity index (χ3v) is 2.89. The molecule has 0 aliphatic heterocycles. The van der Waals surface area contributed by atoms with E-state index in [1.807, 2.05) is 6.92 Å². The van der Waals surface area contributed by atoms with E-state index in [1.165, 1.54) is 0 Å². The van der Waals surface area contributed by atoms with Gasteiger partial charge in [0.05, 0.1) is 5.02 Å². The van der Waals surface area contributed by atoms with Gasteiger partial charge in [-0.2, -0.15) is 0 Å². The minimum Gasteiger partial charge on any atom is -0.326 e. The molecule has 0 unspecified atom stereocenters. The van der Waals surface area contributed by atoms with Crippen LogP contribution in [0.15, 0.2) is 22.7 Å². The highest BCUT2D eigenvalue weighted by molar-refractivity contribution is 9.10. The molecular formula is C10H11BrClNO. The van der Waals surface area contributed by atoms with Crippen molar-refractivity contribution >= 4 is 39.1 Å². The average Bonchev–Trinajstić information content (AvgIpc) is 2.12. The van der Waals surface area contributed by atoms with Crippen molar-refractivity contribution in [1.29, 1.82) is 0 Å². The van der Waals surface area contributed by atoms with E-state index >= 15 is 0 Å². The molecular weight excluding hydrogens is 265 g/mol. The van der Waals surface area contributed by atoms with E-state index in [0.29, 0.717) is 11.4 Å². The molecule has 0 heterocycles. The third-order valence-electron chi connectivity index (χ3n) is 1.68. The summed E-state index contributed by atoms with van der Waals surface area (Å²) in [7, 11) is 0. The minimum atomic E-state index is 0.0294. The van der Waals surface area contributed by atoms with Crippen LogP contribution in [0, 0.1) is 0 Å². The average molecular weight is 277 g/mol. The van der Waals surface area contributed by atoms with Crippen LogP contribution in [-0.4, -0.2) is 5.91 Å². The monoisotopic (exact) mass is 275 g/mol. The summed E-state index contributed by atoms with van der Waals surface area (Å²) in [5.41, 5.74) is 0.764. The van der Waals surface area contributed by atoms with E-state index in [4.69, 9.17) is 11.6 Å². The van der Waals surface area contributed by atoms with E-state index in [1.54, 1.807) is 18.2 Å². The Bertz CT molecular complexity index is 341. The smallest absolute Gasteiger partial charge is 0.224 e. The molecule has 0 spiro atoms. The number of rotatable bonds is 3. The Morgan fingerprint density at radius 2 is 2.29 bits per heavy atom. The second-order valence-electron chi connectivity index (χ2n) is 2.93. The zero-order chi connectivity index (χ0) is 10.6. The van der Waals surface area contributed by atoms with Crippen molar-refractivity contribution < 1.29 is 4.79 Å². The van der Waals surface area contributed by atoms with E-state index < -0.39 is 0 Å². The Hall–Kier alpha value is -0.540. The molecule has 0 radical (unpaired) electrons. The lowest BCUT2D eigenvalue weighted by Crippen LogP contribution is -2.10. The molecule has 0 bridgehead atoms. The topological polar surface area (TPSA) is 29.1 Å². The summed E-state index contributed by atoms with van der Waals surface area (Å²) in [5.74, 6) is 0.0294. The highest BCUT2D eigenvalue weighted by atomic mass is 79.9. The molecule has 76 valence electrons. The van der Waals surface area contributed by atoms with Gasteiger partial charge in [-0.3, -0.25) is 4.79 Å². The standard InChI is InChI=1S/C10H11BrClNO/c1-2-3-10(14)13-7-4-5-9(12)8(11)6-7/h4-6H,2-3H2,1H3,(H,13,14). The maximum Gasteiger partial charge on any atom is 0.224 e. The molecule has 1 amide bonds. The second-order valence-corrected chi connectivity index (χ2v) is 4.19. The van der Waals surface area contributed by atoms with E-state index in [-0.39, 0.29) is 5.91 Å². The number of carbonyl (C=O) groups excluding carboxylic acids is 1. The summed E-state index contributed by atoms with van der Waals surface area (Å²) in [6, 6.07) is 5.31. The zero-order valence-electron chi connectivity index (χ0n) is 7.81. The van der Waals surface area contributed by atoms with Crippen molar-refractivity contribution in [3.63, 3.8) is 0 Å². The molecule has 4 heteroatoms. The fraction of sp³-hybridized carbons (Fsp3) is 0.300. The van der Waals surface area contributed by atoms with Crippen LogP contribution in [0.5, 0.6) is 0 Å². The lowest BCUT2D eigenvalue weighted by molar-refractivity contribution is -0.116. The number of hydrogen-bond donors (Lipinski definition) is 1. The fourth-order valence-electron chi connectivity index (χ4n) is 1.02. The van der Waals surface area contributed by atoms with Crippen molar-refractivity contribution in [1.82, 2.24) is 0 Å². The summed E-state index contributed by atoms with van der Waals surface area (Å²) in [6.45, 7) is 1.97. The highest BCUT2D eigenvalue weighted by Gasteiger charge is 2.02. The first-order chi connectivity index (χ1) is 6.63. The van der Waals surface area contributed by atoms with Crippen molar-refractivity contribution in [3.05, 3.63) is 27.7 Å². The van der Waals surface area contributed by atoms with Crippen molar-refractivity contribution in [2.75, 3.05) is 5.32 Å². The lowest BCUT2D eigenvalue weighted by atomic mass is 10.3. The SMILES string of the molecule is CCCC(=O)Nc1ccc(Cl)c(Br)c1.